The fourth-order valence-corrected chi connectivity index (χ4v) is 7.32. The molecule has 32 heavy (non-hydrogen) atoms. The van der Waals surface area contributed by atoms with Crippen molar-refractivity contribution >= 4 is 11.9 Å². The molecule has 2 fully saturated rings. The van der Waals surface area contributed by atoms with Crippen molar-refractivity contribution in [2.75, 3.05) is 0 Å². The van der Waals surface area contributed by atoms with E-state index in [9.17, 15) is 24.9 Å². The minimum absolute atomic E-state index is 0.334. The van der Waals surface area contributed by atoms with Crippen LogP contribution in [0, 0.1) is 22.7 Å². The second-order valence-corrected chi connectivity index (χ2v) is 10.8. The number of carbonyl (C=O) groups excluding carboxylic acids is 2. The van der Waals surface area contributed by atoms with Crippen molar-refractivity contribution in [3.05, 3.63) is 23.7 Å². The molecule has 8 heteroatoms. The molecule has 0 spiro atoms. The number of aliphatic hydroxyl groups excluding tert-OH is 1. The van der Waals surface area contributed by atoms with Crippen LogP contribution in [0.3, 0.4) is 0 Å². The summed E-state index contributed by atoms with van der Waals surface area (Å²) in [5.41, 5.74) is -4.68. The van der Waals surface area contributed by atoms with Gasteiger partial charge in [0.05, 0.1) is 11.9 Å². The lowest BCUT2D eigenvalue weighted by molar-refractivity contribution is -0.350. The van der Waals surface area contributed by atoms with Crippen LogP contribution in [0.5, 0.6) is 0 Å². The lowest BCUT2D eigenvalue weighted by atomic mass is 9.38. The maximum atomic E-state index is 12.4. The predicted molar refractivity (Wildman–Crippen MR) is 112 cm³/mol. The van der Waals surface area contributed by atoms with Crippen molar-refractivity contribution in [2.24, 2.45) is 22.7 Å². The Kier molecular flexibility index (Phi) is 5.12. The number of ether oxygens (including phenoxy) is 2. The molecule has 4 rings (SSSR count). The number of esters is 2. The van der Waals surface area contributed by atoms with E-state index in [1.165, 1.54) is 20.1 Å². The Hall–Kier alpha value is -1.90. The minimum atomic E-state index is -1.78. The van der Waals surface area contributed by atoms with Crippen LogP contribution in [0.2, 0.25) is 0 Å². The summed E-state index contributed by atoms with van der Waals surface area (Å²) in [6.07, 6.45) is -0.565. The normalized spacial score (nSPS) is 44.6. The fraction of sp³-hybridized carbons (Fsp3) is 0.750. The van der Waals surface area contributed by atoms with Gasteiger partial charge in [0.25, 0.3) is 0 Å². The molecule has 0 saturated heterocycles. The van der Waals surface area contributed by atoms with Gasteiger partial charge in [-0.3, -0.25) is 9.59 Å². The van der Waals surface area contributed by atoms with Crippen molar-refractivity contribution in [1.82, 2.24) is 0 Å². The molecule has 1 aromatic rings. The highest BCUT2D eigenvalue weighted by Crippen LogP contribution is 2.68. The molecule has 0 aliphatic heterocycles. The third-order valence-corrected chi connectivity index (χ3v) is 8.81. The van der Waals surface area contributed by atoms with E-state index in [-0.39, 0.29) is 0 Å². The Balaban J connectivity index is 1.99. The lowest BCUT2D eigenvalue weighted by Crippen LogP contribution is -2.81. The molecule has 8 atom stereocenters. The molecule has 0 amide bonds. The molecule has 2 saturated carbocycles. The zero-order chi connectivity index (χ0) is 23.9. The minimum Gasteiger partial charge on any atom is -0.469 e. The Labute approximate surface area is 187 Å². The smallest absolute Gasteiger partial charge is 0.303 e. The highest BCUT2D eigenvalue weighted by molar-refractivity contribution is 5.67. The quantitative estimate of drug-likeness (QED) is 0.585. The first kappa shape index (κ1) is 23.3. The van der Waals surface area contributed by atoms with Crippen LogP contribution >= 0.6 is 0 Å². The SMILES string of the molecule is CC(=O)OC1C2C(Cc3occc3C2(C)O)C2(C)C(OC(C)=O)CCC(C)(C)C2(O)C1O. The van der Waals surface area contributed by atoms with E-state index < -0.39 is 64.1 Å². The van der Waals surface area contributed by atoms with Crippen LogP contribution in [-0.4, -0.2) is 51.2 Å². The summed E-state index contributed by atoms with van der Waals surface area (Å²) < 4.78 is 17.1. The highest BCUT2D eigenvalue weighted by atomic mass is 16.6. The van der Waals surface area contributed by atoms with Crippen molar-refractivity contribution < 1.29 is 38.8 Å². The molecule has 0 radical (unpaired) electrons. The van der Waals surface area contributed by atoms with Gasteiger partial charge in [0, 0.05) is 37.2 Å². The zero-order valence-electron chi connectivity index (χ0n) is 19.5. The molecule has 3 N–H and O–H groups in total. The molecular formula is C24H34O8. The summed E-state index contributed by atoms with van der Waals surface area (Å²) >= 11 is 0. The second-order valence-electron chi connectivity index (χ2n) is 10.8. The van der Waals surface area contributed by atoms with Gasteiger partial charge in [-0.25, -0.2) is 0 Å². The van der Waals surface area contributed by atoms with Crippen LogP contribution in [0.25, 0.3) is 0 Å². The third-order valence-electron chi connectivity index (χ3n) is 8.81. The molecular weight excluding hydrogens is 416 g/mol. The number of furan rings is 1. The van der Waals surface area contributed by atoms with Crippen LogP contribution in [0.1, 0.15) is 65.7 Å². The van der Waals surface area contributed by atoms with Gasteiger partial charge in [-0.2, -0.15) is 0 Å². The van der Waals surface area contributed by atoms with E-state index in [2.05, 4.69) is 0 Å². The average Bonchev–Trinajstić information content (AvgIpc) is 3.15. The summed E-state index contributed by atoms with van der Waals surface area (Å²) in [5.74, 6) is -1.80. The van der Waals surface area contributed by atoms with Crippen LogP contribution in [0.15, 0.2) is 16.7 Å². The van der Waals surface area contributed by atoms with Crippen molar-refractivity contribution in [2.45, 2.75) is 90.3 Å². The highest BCUT2D eigenvalue weighted by Gasteiger charge is 2.77. The summed E-state index contributed by atoms with van der Waals surface area (Å²) in [7, 11) is 0. The van der Waals surface area contributed by atoms with Gasteiger partial charge in [-0.1, -0.05) is 20.8 Å². The lowest BCUT2D eigenvalue weighted by Gasteiger charge is -2.70. The van der Waals surface area contributed by atoms with Gasteiger partial charge >= 0.3 is 11.9 Å². The predicted octanol–water partition coefficient (Wildman–Crippen LogP) is 2.07. The molecule has 178 valence electrons. The van der Waals surface area contributed by atoms with Crippen LogP contribution < -0.4 is 0 Å². The van der Waals surface area contributed by atoms with Crippen molar-refractivity contribution in [1.29, 1.82) is 0 Å². The van der Waals surface area contributed by atoms with Crippen LogP contribution in [0.4, 0.5) is 0 Å². The van der Waals surface area contributed by atoms with Gasteiger partial charge in [0.2, 0.25) is 0 Å². The number of hydrogen-bond donors (Lipinski definition) is 3. The van der Waals surface area contributed by atoms with E-state index in [0.717, 1.165) is 0 Å². The summed E-state index contributed by atoms with van der Waals surface area (Å²) in [5, 5.41) is 35.8. The van der Waals surface area contributed by atoms with Crippen LogP contribution in [-0.2, 0) is 31.1 Å². The first-order valence-electron chi connectivity index (χ1n) is 11.2. The Morgan fingerprint density at radius 3 is 2.31 bits per heavy atom. The maximum absolute atomic E-state index is 12.4. The third kappa shape index (κ3) is 2.78. The molecule has 8 nitrogen and oxygen atoms in total. The second kappa shape index (κ2) is 7.05. The van der Waals surface area contributed by atoms with E-state index in [1.807, 2.05) is 20.8 Å². The molecule has 3 aliphatic rings. The number of fused-ring (bicyclic) bond motifs is 4. The van der Waals surface area contributed by atoms with Gasteiger partial charge in [0.1, 0.15) is 29.7 Å². The number of aliphatic hydroxyl groups is 3. The van der Waals surface area contributed by atoms with E-state index in [4.69, 9.17) is 13.9 Å². The first-order valence-corrected chi connectivity index (χ1v) is 11.2. The molecule has 3 aliphatic carbocycles. The van der Waals surface area contributed by atoms with Gasteiger partial charge < -0.3 is 29.2 Å². The summed E-state index contributed by atoms with van der Waals surface area (Å²) in [4.78, 5) is 24.1. The van der Waals surface area contributed by atoms with E-state index >= 15 is 0 Å². The Morgan fingerprint density at radius 1 is 1.09 bits per heavy atom. The number of rotatable bonds is 2. The number of hydrogen-bond acceptors (Lipinski definition) is 8. The molecule has 1 heterocycles. The van der Waals surface area contributed by atoms with E-state index in [0.29, 0.717) is 30.6 Å². The maximum Gasteiger partial charge on any atom is 0.303 e. The summed E-state index contributed by atoms with van der Waals surface area (Å²) in [6.45, 7) is 9.72. The largest absolute Gasteiger partial charge is 0.469 e. The summed E-state index contributed by atoms with van der Waals surface area (Å²) in [6, 6.07) is 1.68. The zero-order valence-corrected chi connectivity index (χ0v) is 19.5. The molecule has 8 unspecified atom stereocenters. The first-order chi connectivity index (χ1) is 14.7. The van der Waals surface area contributed by atoms with Gasteiger partial charge in [-0.15, -0.1) is 0 Å². The standard InChI is InChI=1S/C24H34O8/c1-12(25)31-17-7-9-21(3,4)24(29)20(27)19(32-13(2)26)18-15(22(17,24)5)11-16-14(8-10-30-16)23(18,6)28/h8,10,15,17-20,27-29H,7,9,11H2,1-6H3. The number of carbonyl (C=O) groups is 2. The molecule has 1 aromatic heterocycles. The topological polar surface area (TPSA) is 126 Å². The Morgan fingerprint density at radius 2 is 1.72 bits per heavy atom. The van der Waals surface area contributed by atoms with Crippen molar-refractivity contribution in [3.8, 4) is 0 Å². The average molecular weight is 451 g/mol. The van der Waals surface area contributed by atoms with Gasteiger partial charge in [-0.05, 0) is 37.2 Å². The van der Waals surface area contributed by atoms with E-state index in [1.54, 1.807) is 13.0 Å². The van der Waals surface area contributed by atoms with Gasteiger partial charge in [0.15, 0.2) is 0 Å². The Bertz CT molecular complexity index is 932. The monoisotopic (exact) mass is 450 g/mol. The van der Waals surface area contributed by atoms with Crippen molar-refractivity contribution in [3.63, 3.8) is 0 Å². The molecule has 0 bridgehead atoms. The fourth-order valence-electron chi connectivity index (χ4n) is 7.32. The molecule has 0 aromatic carbocycles.